The van der Waals surface area contributed by atoms with Gasteiger partial charge in [-0.25, -0.2) is 4.98 Å². The molecule has 2 heterocycles. The largest absolute Gasteiger partial charge is 0.476 e. The molecule has 6 nitrogen and oxygen atoms in total. The number of imidazole rings is 1. The number of nitrogens with one attached hydrogen (secondary N) is 1. The number of ether oxygens (including phenoxy) is 1. The molecule has 0 saturated heterocycles. The van der Waals surface area contributed by atoms with Gasteiger partial charge in [0.1, 0.15) is 12.1 Å². The van der Waals surface area contributed by atoms with Crippen LogP contribution in [0.4, 0.5) is 5.69 Å². The summed E-state index contributed by atoms with van der Waals surface area (Å²) < 4.78 is 7.97. The average Bonchev–Trinajstić information content (AvgIpc) is 3.26. The Morgan fingerprint density at radius 3 is 2.39 bits per heavy atom. The molecule has 174 valence electrons. The Labute approximate surface area is 201 Å². The van der Waals surface area contributed by atoms with Crippen molar-refractivity contribution in [2.75, 3.05) is 11.9 Å². The maximum Gasteiger partial charge on any atom is 0.217 e. The van der Waals surface area contributed by atoms with E-state index >= 15 is 0 Å². The molecule has 0 spiro atoms. The van der Waals surface area contributed by atoms with Gasteiger partial charge < -0.3 is 20.4 Å². The van der Waals surface area contributed by atoms with Crippen molar-refractivity contribution in [3.8, 4) is 17.0 Å². The smallest absolute Gasteiger partial charge is 0.217 e. The Hall–Kier alpha value is -3.09. The zero-order valence-electron chi connectivity index (χ0n) is 19.4. The number of hydrogen-bond acceptors (Lipinski definition) is 5. The predicted molar refractivity (Wildman–Crippen MR) is 138 cm³/mol. The summed E-state index contributed by atoms with van der Waals surface area (Å²) >= 11 is 0. The van der Waals surface area contributed by atoms with Gasteiger partial charge in [0.05, 0.1) is 12.0 Å². The molecule has 0 fully saturated rings. The highest BCUT2D eigenvalue weighted by Gasteiger charge is 2.15. The first kappa shape index (κ1) is 24.6. The highest BCUT2D eigenvalue weighted by atomic mass is 35.5. The number of halogens is 1. The lowest BCUT2D eigenvalue weighted by molar-refractivity contribution is 0.276. The van der Waals surface area contributed by atoms with E-state index in [4.69, 9.17) is 15.5 Å². The van der Waals surface area contributed by atoms with Crippen molar-refractivity contribution in [1.82, 2.24) is 14.5 Å². The number of pyridine rings is 1. The summed E-state index contributed by atoms with van der Waals surface area (Å²) in [6, 6.07) is 21.2. The van der Waals surface area contributed by atoms with Crippen LogP contribution in [0.3, 0.4) is 0 Å². The fourth-order valence-corrected chi connectivity index (χ4v) is 3.52. The Balaban J connectivity index is 0.00000306. The molecule has 3 N–H and O–H groups in total. The van der Waals surface area contributed by atoms with Crippen molar-refractivity contribution in [3.05, 3.63) is 72.6 Å². The van der Waals surface area contributed by atoms with Crippen molar-refractivity contribution in [3.63, 3.8) is 0 Å². The van der Waals surface area contributed by atoms with Crippen LogP contribution < -0.4 is 15.8 Å². The molecular weight excluding hydrogens is 434 g/mol. The van der Waals surface area contributed by atoms with Crippen LogP contribution in [0.15, 0.2) is 67.0 Å². The van der Waals surface area contributed by atoms with E-state index in [1.807, 2.05) is 18.5 Å². The van der Waals surface area contributed by atoms with Crippen LogP contribution in [-0.2, 0) is 6.54 Å². The van der Waals surface area contributed by atoms with E-state index in [0.717, 1.165) is 23.3 Å². The summed E-state index contributed by atoms with van der Waals surface area (Å²) in [7, 11) is 0. The van der Waals surface area contributed by atoms with Crippen LogP contribution >= 0.6 is 12.4 Å². The maximum atomic E-state index is 6.03. The molecule has 0 aliphatic rings. The minimum absolute atomic E-state index is 0. The Bertz CT molecular complexity index is 1160. The molecule has 0 radical (unpaired) electrons. The van der Waals surface area contributed by atoms with Crippen molar-refractivity contribution >= 4 is 29.3 Å². The van der Waals surface area contributed by atoms with Gasteiger partial charge in [-0.2, -0.15) is 4.98 Å². The van der Waals surface area contributed by atoms with E-state index in [-0.39, 0.29) is 24.5 Å². The summed E-state index contributed by atoms with van der Waals surface area (Å²) in [4.78, 5) is 9.32. The number of nitrogens with zero attached hydrogens (tertiary/aromatic N) is 3. The van der Waals surface area contributed by atoms with Gasteiger partial charge in [0.2, 0.25) is 5.88 Å². The maximum absolute atomic E-state index is 6.03. The number of aromatic nitrogens is 3. The van der Waals surface area contributed by atoms with Crippen LogP contribution in [0.25, 0.3) is 22.3 Å². The molecule has 1 atom stereocenters. The van der Waals surface area contributed by atoms with Crippen molar-refractivity contribution < 1.29 is 4.74 Å². The van der Waals surface area contributed by atoms with Crippen LogP contribution in [-0.4, -0.2) is 27.2 Å². The van der Waals surface area contributed by atoms with Gasteiger partial charge in [0.25, 0.3) is 0 Å². The SMILES string of the molecule is CCC(N)COc1cc(NCc2ccc(-c3ccccc3)cc2)c2ncn(C(C)C)c2n1.Cl. The van der Waals surface area contributed by atoms with Gasteiger partial charge >= 0.3 is 0 Å². The number of anilines is 1. The standard InChI is InChI=1S/C26H31N5O.ClH/c1-4-22(27)16-32-24-14-23(25-26(30-24)31(17-29-25)18(2)3)28-15-19-10-12-21(13-11-19)20-8-6-5-7-9-20;/h5-14,17-18,22H,4,15-16,27H2,1-3H3,(H,28,30);1H. The second-order valence-electron chi connectivity index (χ2n) is 8.32. The number of hydrogen-bond donors (Lipinski definition) is 2. The molecule has 0 saturated carbocycles. The summed E-state index contributed by atoms with van der Waals surface area (Å²) in [6.07, 6.45) is 2.69. The van der Waals surface area contributed by atoms with E-state index in [1.165, 1.54) is 16.7 Å². The molecule has 0 aliphatic heterocycles. The third-order valence-electron chi connectivity index (χ3n) is 5.58. The summed E-state index contributed by atoms with van der Waals surface area (Å²) in [6.45, 7) is 7.39. The molecule has 2 aromatic heterocycles. The number of nitrogens with two attached hydrogens (primary N) is 1. The highest BCUT2D eigenvalue weighted by molar-refractivity contribution is 5.86. The van der Waals surface area contributed by atoms with Gasteiger partial charge in [-0.05, 0) is 37.0 Å². The number of fused-ring (bicyclic) bond motifs is 1. The summed E-state index contributed by atoms with van der Waals surface area (Å²) in [5, 5.41) is 3.53. The monoisotopic (exact) mass is 465 g/mol. The van der Waals surface area contributed by atoms with Crippen molar-refractivity contribution in [2.45, 2.75) is 45.8 Å². The first-order chi connectivity index (χ1) is 15.5. The highest BCUT2D eigenvalue weighted by Crippen LogP contribution is 2.28. The van der Waals surface area contributed by atoms with E-state index in [2.05, 4.69) is 84.2 Å². The second kappa shape index (κ2) is 11.2. The molecule has 4 rings (SSSR count). The zero-order valence-corrected chi connectivity index (χ0v) is 20.2. The fraction of sp³-hybridized carbons (Fsp3) is 0.308. The van der Waals surface area contributed by atoms with Crippen LogP contribution in [0.5, 0.6) is 5.88 Å². The Kier molecular flexibility index (Phi) is 8.31. The van der Waals surface area contributed by atoms with E-state index in [0.29, 0.717) is 19.0 Å². The Morgan fingerprint density at radius 1 is 1.03 bits per heavy atom. The van der Waals surface area contributed by atoms with Gasteiger partial charge in [-0.1, -0.05) is 61.5 Å². The van der Waals surface area contributed by atoms with E-state index < -0.39 is 0 Å². The summed E-state index contributed by atoms with van der Waals surface area (Å²) in [5.41, 5.74) is 12.2. The molecule has 0 amide bonds. The summed E-state index contributed by atoms with van der Waals surface area (Å²) in [5.74, 6) is 0.561. The van der Waals surface area contributed by atoms with Crippen LogP contribution in [0.1, 0.15) is 38.8 Å². The lowest BCUT2D eigenvalue weighted by Crippen LogP contribution is -2.26. The third kappa shape index (κ3) is 5.83. The first-order valence-corrected chi connectivity index (χ1v) is 11.2. The van der Waals surface area contributed by atoms with Gasteiger partial charge in [-0.3, -0.25) is 0 Å². The molecule has 0 aliphatic carbocycles. The minimum Gasteiger partial charge on any atom is -0.476 e. The second-order valence-corrected chi connectivity index (χ2v) is 8.32. The number of benzene rings is 2. The topological polar surface area (TPSA) is 78.0 Å². The predicted octanol–water partition coefficient (Wildman–Crippen LogP) is 5.83. The van der Waals surface area contributed by atoms with Crippen molar-refractivity contribution in [2.24, 2.45) is 5.73 Å². The van der Waals surface area contributed by atoms with Gasteiger partial charge in [-0.15, -0.1) is 12.4 Å². The molecule has 4 aromatic rings. The van der Waals surface area contributed by atoms with E-state index in [1.54, 1.807) is 0 Å². The third-order valence-corrected chi connectivity index (χ3v) is 5.58. The molecule has 33 heavy (non-hydrogen) atoms. The lowest BCUT2D eigenvalue weighted by Gasteiger charge is -2.14. The number of rotatable bonds is 9. The quantitative estimate of drug-likeness (QED) is 0.325. The van der Waals surface area contributed by atoms with E-state index in [9.17, 15) is 0 Å². The average molecular weight is 466 g/mol. The molecule has 2 aromatic carbocycles. The molecular formula is C26H32ClN5O. The zero-order chi connectivity index (χ0) is 22.5. The van der Waals surface area contributed by atoms with Crippen LogP contribution in [0, 0.1) is 0 Å². The molecule has 0 bridgehead atoms. The van der Waals surface area contributed by atoms with Crippen LogP contribution in [0.2, 0.25) is 0 Å². The first-order valence-electron chi connectivity index (χ1n) is 11.2. The molecule has 7 heteroatoms. The van der Waals surface area contributed by atoms with Gasteiger partial charge in [0.15, 0.2) is 5.65 Å². The fourth-order valence-electron chi connectivity index (χ4n) is 3.52. The Morgan fingerprint density at radius 2 is 1.73 bits per heavy atom. The lowest BCUT2D eigenvalue weighted by atomic mass is 10.0. The minimum atomic E-state index is -0.0120. The molecule has 1 unspecified atom stereocenters. The normalized spacial score (nSPS) is 11.9. The van der Waals surface area contributed by atoms with Gasteiger partial charge in [0, 0.05) is 24.7 Å². The van der Waals surface area contributed by atoms with Crippen molar-refractivity contribution in [1.29, 1.82) is 0 Å².